The summed E-state index contributed by atoms with van der Waals surface area (Å²) in [7, 11) is 0. The number of hydrogen-bond acceptors (Lipinski definition) is 1. The summed E-state index contributed by atoms with van der Waals surface area (Å²) in [6, 6.07) is 5.01. The molecule has 0 aliphatic heterocycles. The molecule has 1 aliphatic rings. The number of carbonyl (C=O) groups is 1. The third-order valence-corrected chi connectivity index (χ3v) is 3.68. The summed E-state index contributed by atoms with van der Waals surface area (Å²) in [6.07, 6.45) is 0.668. The minimum absolute atomic E-state index is 0.178. The Morgan fingerprint density at radius 2 is 2.19 bits per heavy atom. The average molecular weight is 291 g/mol. The SMILES string of the molecule is O=C(O)C(F)(F)C1CCc2c(Br)cccc21. The first kappa shape index (κ1) is 11.5. The number of carboxylic acid groups (broad SMARTS) is 1. The van der Waals surface area contributed by atoms with E-state index in [9.17, 15) is 13.6 Å². The van der Waals surface area contributed by atoms with E-state index in [0.717, 1.165) is 10.0 Å². The summed E-state index contributed by atoms with van der Waals surface area (Å²) in [6.45, 7) is 0. The van der Waals surface area contributed by atoms with Gasteiger partial charge in [-0.15, -0.1) is 0 Å². The molecule has 1 aromatic rings. The van der Waals surface area contributed by atoms with E-state index < -0.39 is 17.8 Å². The smallest absolute Gasteiger partial charge is 0.375 e. The van der Waals surface area contributed by atoms with Gasteiger partial charge in [0, 0.05) is 4.47 Å². The van der Waals surface area contributed by atoms with Crippen LogP contribution in [0.3, 0.4) is 0 Å². The Bertz CT molecular complexity index is 446. The van der Waals surface area contributed by atoms with Crippen LogP contribution in [-0.4, -0.2) is 17.0 Å². The lowest BCUT2D eigenvalue weighted by Crippen LogP contribution is -2.34. The normalized spacial score (nSPS) is 19.6. The Morgan fingerprint density at radius 1 is 1.50 bits per heavy atom. The quantitative estimate of drug-likeness (QED) is 0.908. The lowest BCUT2D eigenvalue weighted by atomic mass is 9.94. The number of halogens is 3. The maximum absolute atomic E-state index is 13.4. The number of alkyl halides is 2. The van der Waals surface area contributed by atoms with Gasteiger partial charge in [0.1, 0.15) is 0 Å². The molecular formula is C11H9BrF2O2. The van der Waals surface area contributed by atoms with Crippen LogP contribution in [0.15, 0.2) is 22.7 Å². The van der Waals surface area contributed by atoms with E-state index in [4.69, 9.17) is 5.11 Å². The standard InChI is InChI=1S/C11H9BrF2O2/c12-9-3-1-2-6-7(9)4-5-8(6)11(13,14)10(15)16/h1-3,8H,4-5H2,(H,15,16). The van der Waals surface area contributed by atoms with E-state index in [1.54, 1.807) is 18.2 Å². The maximum Gasteiger partial charge on any atom is 0.375 e. The molecule has 5 heteroatoms. The first-order valence-electron chi connectivity index (χ1n) is 4.83. The second-order valence-electron chi connectivity index (χ2n) is 3.83. The molecular weight excluding hydrogens is 282 g/mol. The predicted octanol–water partition coefficient (Wildman–Crippen LogP) is 3.20. The number of benzene rings is 1. The molecule has 1 atom stereocenters. The highest BCUT2D eigenvalue weighted by Crippen LogP contribution is 2.45. The summed E-state index contributed by atoms with van der Waals surface area (Å²) in [5.74, 6) is -6.95. The molecule has 2 rings (SSSR count). The summed E-state index contributed by atoms with van der Waals surface area (Å²) < 4.78 is 27.7. The molecule has 86 valence electrons. The van der Waals surface area contributed by atoms with Gasteiger partial charge in [0.15, 0.2) is 0 Å². The van der Waals surface area contributed by atoms with Gasteiger partial charge in [-0.25, -0.2) is 4.79 Å². The zero-order valence-electron chi connectivity index (χ0n) is 8.21. The van der Waals surface area contributed by atoms with E-state index in [2.05, 4.69) is 15.9 Å². The molecule has 0 saturated carbocycles. The van der Waals surface area contributed by atoms with Crippen molar-refractivity contribution in [3.63, 3.8) is 0 Å². The Balaban J connectivity index is 2.45. The molecule has 0 radical (unpaired) electrons. The summed E-state index contributed by atoms with van der Waals surface area (Å²) in [5, 5.41) is 8.53. The minimum atomic E-state index is -3.69. The fourth-order valence-electron chi connectivity index (χ4n) is 2.14. The van der Waals surface area contributed by atoms with Gasteiger partial charge in [-0.1, -0.05) is 28.1 Å². The second kappa shape index (κ2) is 3.80. The molecule has 1 aliphatic carbocycles. The molecule has 0 saturated heterocycles. The van der Waals surface area contributed by atoms with Gasteiger partial charge in [0.25, 0.3) is 0 Å². The third-order valence-electron chi connectivity index (χ3n) is 2.94. The van der Waals surface area contributed by atoms with E-state index in [-0.39, 0.29) is 6.42 Å². The number of carboxylic acids is 1. The van der Waals surface area contributed by atoms with Crippen molar-refractivity contribution in [1.29, 1.82) is 0 Å². The van der Waals surface area contributed by atoms with Crippen LogP contribution in [0.2, 0.25) is 0 Å². The van der Waals surface area contributed by atoms with Crippen LogP contribution in [0.25, 0.3) is 0 Å². The zero-order chi connectivity index (χ0) is 11.9. The number of hydrogen-bond donors (Lipinski definition) is 1. The first-order chi connectivity index (χ1) is 7.44. The Labute approximate surface area is 99.4 Å². The molecule has 0 amide bonds. The van der Waals surface area contributed by atoms with Gasteiger partial charge < -0.3 is 5.11 Å². The molecule has 2 nitrogen and oxygen atoms in total. The van der Waals surface area contributed by atoms with Crippen LogP contribution in [-0.2, 0) is 11.2 Å². The van der Waals surface area contributed by atoms with Gasteiger partial charge in [-0.3, -0.25) is 0 Å². The molecule has 16 heavy (non-hydrogen) atoms. The highest BCUT2D eigenvalue weighted by atomic mass is 79.9. The monoisotopic (exact) mass is 290 g/mol. The highest BCUT2D eigenvalue weighted by Gasteiger charge is 2.50. The molecule has 0 heterocycles. The fraction of sp³-hybridized carbons (Fsp3) is 0.364. The molecule has 0 aromatic heterocycles. The Kier molecular flexibility index (Phi) is 2.74. The van der Waals surface area contributed by atoms with Crippen molar-refractivity contribution >= 4 is 21.9 Å². The van der Waals surface area contributed by atoms with Gasteiger partial charge in [0.05, 0.1) is 5.92 Å². The second-order valence-corrected chi connectivity index (χ2v) is 4.68. The fourth-order valence-corrected chi connectivity index (χ4v) is 2.72. The third kappa shape index (κ3) is 1.63. The van der Waals surface area contributed by atoms with Crippen LogP contribution in [0, 0.1) is 0 Å². The van der Waals surface area contributed by atoms with Crippen molar-refractivity contribution in [3.05, 3.63) is 33.8 Å². The summed E-state index contributed by atoms with van der Waals surface area (Å²) in [5.41, 5.74) is 1.25. The van der Waals surface area contributed by atoms with E-state index in [1.165, 1.54) is 0 Å². The zero-order valence-corrected chi connectivity index (χ0v) is 9.80. The molecule has 1 N–H and O–H groups in total. The van der Waals surface area contributed by atoms with E-state index >= 15 is 0 Å². The summed E-state index contributed by atoms with van der Waals surface area (Å²) >= 11 is 3.29. The van der Waals surface area contributed by atoms with Gasteiger partial charge in [-0.05, 0) is 30.0 Å². The van der Waals surface area contributed by atoms with Gasteiger partial charge in [0.2, 0.25) is 0 Å². The molecule has 1 aromatic carbocycles. The van der Waals surface area contributed by atoms with Crippen molar-refractivity contribution in [2.45, 2.75) is 24.7 Å². The molecule has 0 bridgehead atoms. The van der Waals surface area contributed by atoms with Crippen LogP contribution >= 0.6 is 15.9 Å². The average Bonchev–Trinajstić information content (AvgIpc) is 2.63. The van der Waals surface area contributed by atoms with E-state index in [1.807, 2.05) is 0 Å². The van der Waals surface area contributed by atoms with Crippen molar-refractivity contribution < 1.29 is 18.7 Å². The van der Waals surface area contributed by atoms with Crippen LogP contribution in [0.4, 0.5) is 8.78 Å². The van der Waals surface area contributed by atoms with Crippen LogP contribution < -0.4 is 0 Å². The molecule has 0 fully saturated rings. The van der Waals surface area contributed by atoms with Crippen molar-refractivity contribution in [1.82, 2.24) is 0 Å². The molecule has 1 unspecified atom stereocenters. The largest absolute Gasteiger partial charge is 0.477 e. The van der Waals surface area contributed by atoms with Crippen molar-refractivity contribution in [3.8, 4) is 0 Å². The highest BCUT2D eigenvalue weighted by molar-refractivity contribution is 9.10. The van der Waals surface area contributed by atoms with Crippen molar-refractivity contribution in [2.24, 2.45) is 0 Å². The van der Waals surface area contributed by atoms with Crippen LogP contribution in [0.1, 0.15) is 23.5 Å². The van der Waals surface area contributed by atoms with Crippen LogP contribution in [0.5, 0.6) is 0 Å². The number of fused-ring (bicyclic) bond motifs is 1. The van der Waals surface area contributed by atoms with Crippen molar-refractivity contribution in [2.75, 3.05) is 0 Å². The number of rotatable bonds is 2. The first-order valence-corrected chi connectivity index (χ1v) is 5.62. The Morgan fingerprint density at radius 3 is 2.81 bits per heavy atom. The topological polar surface area (TPSA) is 37.3 Å². The Hall–Kier alpha value is -0.970. The van der Waals surface area contributed by atoms with Gasteiger partial charge >= 0.3 is 11.9 Å². The van der Waals surface area contributed by atoms with E-state index in [0.29, 0.717) is 12.0 Å². The summed E-state index contributed by atoms with van der Waals surface area (Å²) in [4.78, 5) is 10.5. The lowest BCUT2D eigenvalue weighted by molar-refractivity contribution is -0.168. The molecule has 0 spiro atoms. The number of aliphatic carboxylic acids is 1. The van der Waals surface area contributed by atoms with Gasteiger partial charge in [-0.2, -0.15) is 8.78 Å². The maximum atomic E-state index is 13.4. The lowest BCUT2D eigenvalue weighted by Gasteiger charge is -2.19. The minimum Gasteiger partial charge on any atom is -0.477 e. The predicted molar refractivity (Wildman–Crippen MR) is 57.8 cm³/mol.